The van der Waals surface area contributed by atoms with Gasteiger partial charge in [0.15, 0.2) is 11.5 Å². The van der Waals surface area contributed by atoms with Crippen LogP contribution in [-0.2, 0) is 6.42 Å². The van der Waals surface area contributed by atoms with E-state index in [1.807, 2.05) is 13.0 Å². The van der Waals surface area contributed by atoms with Crippen LogP contribution >= 0.6 is 0 Å². The maximum atomic E-state index is 12.7. The van der Waals surface area contributed by atoms with Crippen LogP contribution in [0.5, 0.6) is 11.5 Å². The molecule has 3 rings (SSSR count). The summed E-state index contributed by atoms with van der Waals surface area (Å²) in [6, 6.07) is 7.29. The van der Waals surface area contributed by atoms with Crippen LogP contribution in [0.4, 0.5) is 0 Å². The smallest absolute Gasteiger partial charge is 0.251 e. The molecule has 1 aliphatic carbocycles. The minimum atomic E-state index is -0.109. The molecule has 1 amide bonds. The number of rotatable bonds is 7. The third kappa shape index (κ3) is 3.98. The Balaban J connectivity index is 1.75. The number of fused-ring (bicyclic) bond motifs is 1. The molecule has 5 nitrogen and oxygen atoms in total. The molecule has 1 atom stereocenters. The fraction of sp³-hybridized carbons (Fsp3) is 0.450. The predicted molar refractivity (Wildman–Crippen MR) is 95.3 cm³/mol. The van der Waals surface area contributed by atoms with E-state index in [1.165, 1.54) is 0 Å². The summed E-state index contributed by atoms with van der Waals surface area (Å²) in [4.78, 5) is 12.7. The first-order chi connectivity index (χ1) is 12.2. The van der Waals surface area contributed by atoms with Crippen molar-refractivity contribution < 1.29 is 18.7 Å². The first-order valence-electron chi connectivity index (χ1n) is 8.99. The molecular weight excluding hydrogens is 318 g/mol. The molecule has 1 aromatic carbocycles. The van der Waals surface area contributed by atoms with Crippen LogP contribution in [0.25, 0.3) is 0 Å². The number of benzene rings is 1. The maximum absolute atomic E-state index is 12.7. The van der Waals surface area contributed by atoms with Crippen molar-refractivity contribution in [1.82, 2.24) is 5.32 Å². The number of carbonyl (C=O) groups is 1. The monoisotopic (exact) mass is 343 g/mol. The summed E-state index contributed by atoms with van der Waals surface area (Å²) in [6.45, 7) is 5.11. The van der Waals surface area contributed by atoms with Gasteiger partial charge in [0, 0.05) is 17.5 Å². The molecule has 0 spiro atoms. The lowest BCUT2D eigenvalue weighted by Gasteiger charge is -2.23. The minimum Gasteiger partial charge on any atom is -0.490 e. The van der Waals surface area contributed by atoms with Crippen LogP contribution in [0.15, 0.2) is 34.9 Å². The Morgan fingerprint density at radius 1 is 1.24 bits per heavy atom. The van der Waals surface area contributed by atoms with Gasteiger partial charge in [0.25, 0.3) is 5.91 Å². The van der Waals surface area contributed by atoms with E-state index >= 15 is 0 Å². The third-order valence-electron chi connectivity index (χ3n) is 4.32. The number of hydrogen-bond donors (Lipinski definition) is 1. The normalized spacial score (nSPS) is 16.2. The fourth-order valence-corrected chi connectivity index (χ4v) is 3.13. The summed E-state index contributed by atoms with van der Waals surface area (Å²) in [7, 11) is 0. The van der Waals surface area contributed by atoms with Gasteiger partial charge in [-0.05, 0) is 50.5 Å². The van der Waals surface area contributed by atoms with Crippen molar-refractivity contribution in [2.24, 2.45) is 0 Å². The van der Waals surface area contributed by atoms with E-state index in [2.05, 4.69) is 12.2 Å². The number of nitrogens with one attached hydrogen (secondary N) is 1. The van der Waals surface area contributed by atoms with Gasteiger partial charge in [-0.1, -0.05) is 6.92 Å². The van der Waals surface area contributed by atoms with E-state index < -0.39 is 0 Å². The van der Waals surface area contributed by atoms with Crippen molar-refractivity contribution in [2.45, 2.75) is 45.6 Å². The van der Waals surface area contributed by atoms with Gasteiger partial charge in [-0.3, -0.25) is 4.79 Å². The fourth-order valence-electron chi connectivity index (χ4n) is 3.13. The highest BCUT2D eigenvalue weighted by molar-refractivity contribution is 5.95. The zero-order valence-electron chi connectivity index (χ0n) is 14.8. The lowest BCUT2D eigenvalue weighted by atomic mass is 9.93. The molecule has 2 aromatic rings. The van der Waals surface area contributed by atoms with Gasteiger partial charge >= 0.3 is 0 Å². The van der Waals surface area contributed by atoms with E-state index in [4.69, 9.17) is 13.9 Å². The highest BCUT2D eigenvalue weighted by Crippen LogP contribution is 2.32. The Kier molecular flexibility index (Phi) is 5.64. The SMILES string of the molecule is CCCOc1ccc(C(=O)NC2CCCc3occc32)cc1OCC. The second kappa shape index (κ2) is 8.10. The van der Waals surface area contributed by atoms with Crippen LogP contribution < -0.4 is 14.8 Å². The number of aryl methyl sites for hydroxylation is 1. The molecule has 134 valence electrons. The van der Waals surface area contributed by atoms with Crippen LogP contribution in [-0.4, -0.2) is 19.1 Å². The van der Waals surface area contributed by atoms with Gasteiger partial charge in [-0.25, -0.2) is 0 Å². The van der Waals surface area contributed by atoms with Crippen molar-refractivity contribution in [3.63, 3.8) is 0 Å². The molecule has 1 aromatic heterocycles. The Morgan fingerprint density at radius 2 is 2.12 bits per heavy atom. The molecule has 5 heteroatoms. The van der Waals surface area contributed by atoms with Crippen molar-refractivity contribution >= 4 is 5.91 Å². The molecule has 25 heavy (non-hydrogen) atoms. The van der Waals surface area contributed by atoms with Crippen molar-refractivity contribution in [3.05, 3.63) is 47.4 Å². The zero-order valence-corrected chi connectivity index (χ0v) is 14.8. The average molecular weight is 343 g/mol. The molecule has 1 N–H and O–H groups in total. The second-order valence-electron chi connectivity index (χ2n) is 6.16. The largest absolute Gasteiger partial charge is 0.490 e. The first kappa shape index (κ1) is 17.4. The van der Waals surface area contributed by atoms with Gasteiger partial charge in [0.05, 0.1) is 25.5 Å². The Hall–Kier alpha value is -2.43. The average Bonchev–Trinajstić information content (AvgIpc) is 3.10. The van der Waals surface area contributed by atoms with Crippen molar-refractivity contribution in [1.29, 1.82) is 0 Å². The Labute approximate surface area is 148 Å². The molecule has 0 saturated heterocycles. The number of hydrogen-bond acceptors (Lipinski definition) is 4. The van der Waals surface area contributed by atoms with Gasteiger partial charge < -0.3 is 19.2 Å². The van der Waals surface area contributed by atoms with E-state index in [0.717, 1.165) is 37.0 Å². The summed E-state index contributed by atoms with van der Waals surface area (Å²) < 4.78 is 16.8. The van der Waals surface area contributed by atoms with Gasteiger partial charge in [0.2, 0.25) is 0 Å². The molecular formula is C20H25NO4. The predicted octanol–water partition coefficient (Wildman–Crippen LogP) is 4.27. The number of carbonyl (C=O) groups excluding carboxylic acids is 1. The zero-order chi connectivity index (χ0) is 17.6. The Bertz CT molecular complexity index is 722. The Morgan fingerprint density at radius 3 is 2.92 bits per heavy atom. The summed E-state index contributed by atoms with van der Waals surface area (Å²) in [5, 5.41) is 3.11. The first-order valence-corrected chi connectivity index (χ1v) is 8.99. The van der Waals surface area contributed by atoms with Crippen LogP contribution in [0.2, 0.25) is 0 Å². The summed E-state index contributed by atoms with van der Waals surface area (Å²) in [5.74, 6) is 2.16. The van der Waals surface area contributed by atoms with E-state index in [9.17, 15) is 4.79 Å². The molecule has 1 aliphatic rings. The third-order valence-corrected chi connectivity index (χ3v) is 4.32. The summed E-state index contributed by atoms with van der Waals surface area (Å²) in [6.07, 6.45) is 5.49. The van der Waals surface area contributed by atoms with Crippen LogP contribution in [0.1, 0.15) is 60.8 Å². The maximum Gasteiger partial charge on any atom is 0.251 e. The van der Waals surface area contributed by atoms with Crippen LogP contribution in [0.3, 0.4) is 0 Å². The lowest BCUT2D eigenvalue weighted by molar-refractivity contribution is 0.0931. The molecule has 1 unspecified atom stereocenters. The highest BCUT2D eigenvalue weighted by Gasteiger charge is 2.24. The number of ether oxygens (including phenoxy) is 2. The molecule has 0 aliphatic heterocycles. The highest BCUT2D eigenvalue weighted by atomic mass is 16.5. The van der Waals surface area contributed by atoms with Gasteiger partial charge in [0.1, 0.15) is 5.76 Å². The standard InChI is InChI=1S/C20H25NO4/c1-3-11-24-18-9-8-14(13-19(18)23-4-2)20(22)21-16-6-5-7-17-15(16)10-12-25-17/h8-10,12-13,16H,3-7,11H2,1-2H3,(H,21,22). The number of furan rings is 1. The molecule has 0 saturated carbocycles. The molecule has 0 radical (unpaired) electrons. The second-order valence-corrected chi connectivity index (χ2v) is 6.16. The quantitative estimate of drug-likeness (QED) is 0.815. The van der Waals surface area contributed by atoms with E-state index in [0.29, 0.717) is 30.3 Å². The van der Waals surface area contributed by atoms with Gasteiger partial charge in [-0.2, -0.15) is 0 Å². The lowest BCUT2D eigenvalue weighted by Crippen LogP contribution is -2.30. The molecule has 1 heterocycles. The summed E-state index contributed by atoms with van der Waals surface area (Å²) in [5.41, 5.74) is 1.66. The molecule has 0 fully saturated rings. The summed E-state index contributed by atoms with van der Waals surface area (Å²) >= 11 is 0. The minimum absolute atomic E-state index is 0.00145. The van der Waals surface area contributed by atoms with Crippen LogP contribution in [0, 0.1) is 0 Å². The van der Waals surface area contributed by atoms with E-state index in [1.54, 1.807) is 24.5 Å². The topological polar surface area (TPSA) is 60.7 Å². The van der Waals surface area contributed by atoms with Crippen molar-refractivity contribution in [3.8, 4) is 11.5 Å². The molecule has 0 bridgehead atoms. The van der Waals surface area contributed by atoms with Crippen molar-refractivity contribution in [2.75, 3.05) is 13.2 Å². The van der Waals surface area contributed by atoms with Gasteiger partial charge in [-0.15, -0.1) is 0 Å². The number of amides is 1. The van der Waals surface area contributed by atoms with E-state index in [-0.39, 0.29) is 11.9 Å².